The van der Waals surface area contributed by atoms with E-state index in [2.05, 4.69) is 27.3 Å². The summed E-state index contributed by atoms with van der Waals surface area (Å²) < 4.78 is 11.8. The number of hydrogen-bond donors (Lipinski definition) is 2. The smallest absolute Gasteiger partial charge is 0.125 e. The number of halogens is 1. The second-order valence-corrected chi connectivity index (χ2v) is 5.99. The van der Waals surface area contributed by atoms with Crippen LogP contribution in [0.3, 0.4) is 0 Å². The van der Waals surface area contributed by atoms with Crippen molar-refractivity contribution in [2.24, 2.45) is 0 Å². The monoisotopic (exact) mass is 343 g/mol. The predicted octanol–water partition coefficient (Wildman–Crippen LogP) is 2.65. The zero-order chi connectivity index (χ0) is 14.4. The van der Waals surface area contributed by atoms with Crippen LogP contribution in [-0.4, -0.2) is 38.1 Å². The summed E-state index contributed by atoms with van der Waals surface area (Å²) in [5.41, 5.74) is 1.20. The average molecular weight is 344 g/mol. The van der Waals surface area contributed by atoms with E-state index in [0.717, 1.165) is 36.2 Å². The molecule has 0 fully saturated rings. The van der Waals surface area contributed by atoms with Crippen LogP contribution in [0.4, 0.5) is 0 Å². The van der Waals surface area contributed by atoms with Crippen LogP contribution in [0.5, 0.6) is 5.75 Å². The summed E-state index contributed by atoms with van der Waals surface area (Å²) in [5.74, 6) is 0.951. The van der Waals surface area contributed by atoms with Gasteiger partial charge in [-0.15, -0.1) is 0 Å². The molecule has 1 aliphatic heterocycles. The first-order chi connectivity index (χ1) is 9.70. The summed E-state index contributed by atoms with van der Waals surface area (Å²) in [6, 6.07) is 6.46. The summed E-state index contributed by atoms with van der Waals surface area (Å²) in [6.07, 6.45) is 2.37. The molecule has 4 nitrogen and oxygen atoms in total. The first-order valence-corrected chi connectivity index (χ1v) is 7.82. The maximum atomic E-state index is 9.67. The number of nitrogens with one attached hydrogen (secondary N) is 1. The molecule has 0 aliphatic carbocycles. The number of hydrogen-bond acceptors (Lipinski definition) is 4. The first-order valence-electron chi connectivity index (χ1n) is 7.03. The molecule has 1 aromatic carbocycles. The maximum absolute atomic E-state index is 9.67. The van der Waals surface area contributed by atoms with Crippen molar-refractivity contribution in [3.8, 4) is 5.75 Å². The van der Waals surface area contributed by atoms with E-state index in [1.54, 1.807) is 7.11 Å². The molecule has 2 atom stereocenters. The van der Waals surface area contributed by atoms with Crippen molar-refractivity contribution in [3.05, 3.63) is 28.2 Å². The van der Waals surface area contributed by atoms with Gasteiger partial charge in [-0.3, -0.25) is 0 Å². The highest BCUT2D eigenvalue weighted by Gasteiger charge is 2.19. The van der Waals surface area contributed by atoms with Gasteiger partial charge in [-0.2, -0.15) is 0 Å². The van der Waals surface area contributed by atoms with E-state index < -0.39 is 6.10 Å². The maximum Gasteiger partial charge on any atom is 0.125 e. The largest absolute Gasteiger partial charge is 0.493 e. The van der Waals surface area contributed by atoms with Gasteiger partial charge in [0.15, 0.2) is 0 Å². The van der Waals surface area contributed by atoms with E-state index in [1.807, 2.05) is 12.1 Å². The Morgan fingerprint density at radius 1 is 1.55 bits per heavy atom. The van der Waals surface area contributed by atoms with Gasteiger partial charge in [0.25, 0.3) is 0 Å². The third-order valence-corrected chi connectivity index (χ3v) is 3.97. The highest BCUT2D eigenvalue weighted by Crippen LogP contribution is 2.33. The fourth-order valence-electron chi connectivity index (χ4n) is 2.46. The number of ether oxygens (including phenoxy) is 2. The predicted molar refractivity (Wildman–Crippen MR) is 82.1 cm³/mol. The molecule has 112 valence electrons. The van der Waals surface area contributed by atoms with Crippen molar-refractivity contribution in [1.82, 2.24) is 5.32 Å². The van der Waals surface area contributed by atoms with E-state index in [-0.39, 0.29) is 6.04 Å². The van der Waals surface area contributed by atoms with Gasteiger partial charge >= 0.3 is 0 Å². The Morgan fingerprint density at radius 2 is 2.40 bits per heavy atom. The molecule has 2 unspecified atom stereocenters. The van der Waals surface area contributed by atoms with Gasteiger partial charge in [0.1, 0.15) is 5.75 Å². The minimum Gasteiger partial charge on any atom is -0.493 e. The van der Waals surface area contributed by atoms with Crippen LogP contribution in [0, 0.1) is 0 Å². The van der Waals surface area contributed by atoms with Crippen LogP contribution in [0.15, 0.2) is 22.7 Å². The zero-order valence-electron chi connectivity index (χ0n) is 11.8. The third-order valence-electron chi connectivity index (χ3n) is 3.47. The lowest BCUT2D eigenvalue weighted by molar-refractivity contribution is 0.0589. The molecule has 0 radical (unpaired) electrons. The minimum absolute atomic E-state index is 0.287. The lowest BCUT2D eigenvalue weighted by Gasteiger charge is -2.19. The molecule has 1 aliphatic rings. The average Bonchev–Trinajstić information content (AvgIpc) is 2.61. The summed E-state index contributed by atoms with van der Waals surface area (Å²) in [5, 5.41) is 13.2. The van der Waals surface area contributed by atoms with Crippen molar-refractivity contribution in [3.63, 3.8) is 0 Å². The fraction of sp³-hybridized carbons (Fsp3) is 0.600. The van der Waals surface area contributed by atoms with Crippen molar-refractivity contribution in [2.45, 2.75) is 31.4 Å². The van der Waals surface area contributed by atoms with E-state index in [4.69, 9.17) is 9.47 Å². The molecular formula is C15H22BrNO3. The molecular weight excluding hydrogens is 322 g/mol. The third kappa shape index (κ3) is 4.45. The van der Waals surface area contributed by atoms with Crippen LogP contribution >= 0.6 is 15.9 Å². The highest BCUT2D eigenvalue weighted by atomic mass is 79.9. The summed E-state index contributed by atoms with van der Waals surface area (Å²) >= 11 is 3.48. The van der Waals surface area contributed by atoms with Gasteiger partial charge in [0.2, 0.25) is 0 Å². The molecule has 0 spiro atoms. The molecule has 1 aromatic rings. The number of rotatable bonds is 6. The van der Waals surface area contributed by atoms with Crippen molar-refractivity contribution in [2.75, 3.05) is 26.9 Å². The van der Waals surface area contributed by atoms with Crippen LogP contribution in [0.1, 0.15) is 30.9 Å². The second-order valence-electron chi connectivity index (χ2n) is 5.08. The van der Waals surface area contributed by atoms with Gasteiger partial charge < -0.3 is 19.9 Å². The molecule has 0 amide bonds. The number of fused-ring (bicyclic) bond motifs is 1. The Kier molecular flexibility index (Phi) is 6.29. The number of aliphatic hydroxyl groups is 1. The molecule has 0 aromatic heterocycles. The van der Waals surface area contributed by atoms with E-state index >= 15 is 0 Å². The fourth-order valence-corrected chi connectivity index (χ4v) is 2.80. The van der Waals surface area contributed by atoms with Gasteiger partial charge in [-0.05, 0) is 37.9 Å². The van der Waals surface area contributed by atoms with Crippen LogP contribution in [-0.2, 0) is 4.74 Å². The zero-order valence-corrected chi connectivity index (χ0v) is 13.4. The molecule has 2 rings (SSSR count). The van der Waals surface area contributed by atoms with E-state index in [0.29, 0.717) is 13.0 Å². The van der Waals surface area contributed by atoms with Crippen molar-refractivity contribution < 1.29 is 14.6 Å². The molecule has 1 heterocycles. The Morgan fingerprint density at radius 3 is 3.20 bits per heavy atom. The van der Waals surface area contributed by atoms with Crippen molar-refractivity contribution in [1.29, 1.82) is 0 Å². The van der Waals surface area contributed by atoms with Crippen molar-refractivity contribution >= 4 is 15.9 Å². The molecule has 2 N–H and O–H groups in total. The van der Waals surface area contributed by atoms with Gasteiger partial charge in [-0.1, -0.05) is 22.0 Å². The van der Waals surface area contributed by atoms with Crippen LogP contribution < -0.4 is 10.1 Å². The lowest BCUT2D eigenvalue weighted by atomic mass is 10.0. The molecule has 0 bridgehead atoms. The van der Waals surface area contributed by atoms with Crippen LogP contribution in [0.25, 0.3) is 0 Å². The topological polar surface area (TPSA) is 50.7 Å². The minimum atomic E-state index is -0.404. The van der Waals surface area contributed by atoms with Gasteiger partial charge in [0.05, 0.1) is 19.3 Å². The molecule has 0 saturated carbocycles. The summed E-state index contributed by atoms with van der Waals surface area (Å²) in [6.45, 7) is 1.91. The van der Waals surface area contributed by atoms with Gasteiger partial charge in [-0.25, -0.2) is 0 Å². The Balaban J connectivity index is 1.95. The summed E-state index contributed by atoms with van der Waals surface area (Å²) in [4.78, 5) is 0. The first kappa shape index (κ1) is 15.8. The molecule has 0 saturated heterocycles. The Bertz CT molecular complexity index is 428. The number of benzene rings is 1. The van der Waals surface area contributed by atoms with Crippen LogP contribution in [0.2, 0.25) is 0 Å². The SMILES string of the molecule is COCC(O)CCNC1CCCOc2cc(Br)ccc21. The molecule has 5 heteroatoms. The van der Waals surface area contributed by atoms with Gasteiger partial charge in [0, 0.05) is 23.2 Å². The Hall–Kier alpha value is -0.620. The number of aliphatic hydroxyl groups excluding tert-OH is 1. The van der Waals surface area contributed by atoms with E-state index in [1.165, 1.54) is 5.56 Å². The quantitative estimate of drug-likeness (QED) is 0.833. The summed E-state index contributed by atoms with van der Waals surface area (Å²) in [7, 11) is 1.60. The second kappa shape index (κ2) is 7.98. The molecule has 20 heavy (non-hydrogen) atoms. The standard InChI is InChI=1S/C15H22BrNO3/c1-19-10-12(18)6-7-17-14-3-2-8-20-15-9-11(16)4-5-13(14)15/h4-5,9,12,14,17-18H,2-3,6-8,10H2,1H3. The Labute approximate surface area is 128 Å². The number of methoxy groups -OCH3 is 1. The highest BCUT2D eigenvalue weighted by molar-refractivity contribution is 9.10. The van der Waals surface area contributed by atoms with E-state index in [9.17, 15) is 5.11 Å². The normalized spacial score (nSPS) is 19.9. The lowest BCUT2D eigenvalue weighted by Crippen LogP contribution is -2.26.